The van der Waals surface area contributed by atoms with Crippen LogP contribution in [-0.2, 0) is 17.6 Å². The summed E-state index contributed by atoms with van der Waals surface area (Å²) < 4.78 is 18.0. The van der Waals surface area contributed by atoms with Gasteiger partial charge in [0.05, 0.1) is 24.6 Å². The lowest BCUT2D eigenvalue weighted by atomic mass is 9.90. The smallest absolute Gasteiger partial charge is 0.227 e. The zero-order chi connectivity index (χ0) is 23.6. The van der Waals surface area contributed by atoms with Gasteiger partial charge in [0.2, 0.25) is 5.95 Å². The lowest BCUT2D eigenvalue weighted by Gasteiger charge is -2.33. The molecule has 0 saturated carbocycles. The van der Waals surface area contributed by atoms with Crippen molar-refractivity contribution in [3.63, 3.8) is 0 Å². The molecule has 0 spiro atoms. The fraction of sp³-hybridized carbons (Fsp3) is 0.429. The Kier molecular flexibility index (Phi) is 6.17. The second-order valence-corrected chi connectivity index (χ2v) is 9.67. The second-order valence-electron chi connectivity index (χ2n) is 9.67. The molecule has 1 N–H and O–H groups in total. The molecular weight excluding hydrogens is 440 g/mol. The molecule has 35 heavy (non-hydrogen) atoms. The highest BCUT2D eigenvalue weighted by atomic mass is 16.5. The molecule has 1 fully saturated rings. The van der Waals surface area contributed by atoms with Gasteiger partial charge in [-0.2, -0.15) is 0 Å². The third-order valence-electron chi connectivity index (χ3n) is 7.19. The van der Waals surface area contributed by atoms with Gasteiger partial charge in [0, 0.05) is 36.6 Å². The molecule has 1 aromatic heterocycles. The highest BCUT2D eigenvalue weighted by Gasteiger charge is 2.22. The molecule has 7 nitrogen and oxygen atoms in total. The molecular formula is C28H32N4O3. The van der Waals surface area contributed by atoms with Crippen molar-refractivity contribution in [2.24, 2.45) is 5.92 Å². The van der Waals surface area contributed by atoms with Crippen LogP contribution in [0.25, 0.3) is 11.3 Å². The van der Waals surface area contributed by atoms with Crippen LogP contribution in [0.1, 0.15) is 30.9 Å². The van der Waals surface area contributed by atoms with Crippen molar-refractivity contribution in [3.8, 4) is 22.8 Å². The maximum Gasteiger partial charge on any atom is 0.227 e. The number of nitrogens with zero attached hydrogens (tertiary/aromatic N) is 3. The van der Waals surface area contributed by atoms with E-state index in [0.29, 0.717) is 32.4 Å². The molecule has 0 atom stereocenters. The predicted octanol–water partition coefficient (Wildman–Crippen LogP) is 5.01. The molecule has 1 saturated heterocycles. The van der Waals surface area contributed by atoms with Crippen LogP contribution in [0, 0.1) is 5.92 Å². The van der Waals surface area contributed by atoms with E-state index >= 15 is 0 Å². The molecule has 3 aromatic rings. The Bertz CT molecular complexity index is 1210. The molecule has 7 heteroatoms. The lowest BCUT2D eigenvalue weighted by molar-refractivity contribution is 0.0765. The molecule has 2 aliphatic heterocycles. The van der Waals surface area contributed by atoms with Crippen LogP contribution >= 0.6 is 0 Å². The van der Waals surface area contributed by atoms with Crippen molar-refractivity contribution < 1.29 is 14.2 Å². The van der Waals surface area contributed by atoms with Gasteiger partial charge in [0.25, 0.3) is 0 Å². The van der Waals surface area contributed by atoms with E-state index in [1.165, 1.54) is 24.0 Å². The lowest BCUT2D eigenvalue weighted by Crippen LogP contribution is -2.33. The monoisotopic (exact) mass is 472 g/mol. The Morgan fingerprint density at radius 2 is 1.74 bits per heavy atom. The van der Waals surface area contributed by atoms with Gasteiger partial charge in [-0.25, -0.2) is 9.97 Å². The van der Waals surface area contributed by atoms with E-state index < -0.39 is 0 Å². The number of hydrogen-bond donors (Lipinski definition) is 1. The Morgan fingerprint density at radius 3 is 2.63 bits per heavy atom. The summed E-state index contributed by atoms with van der Waals surface area (Å²) in [7, 11) is 0. The first kappa shape index (κ1) is 22.2. The maximum atomic E-state index is 6.23. The largest absolute Gasteiger partial charge is 0.491 e. The third-order valence-corrected chi connectivity index (χ3v) is 7.19. The normalized spacial score (nSPS) is 18.3. The summed E-state index contributed by atoms with van der Waals surface area (Å²) >= 11 is 0. The molecule has 3 aliphatic rings. The van der Waals surface area contributed by atoms with Crippen molar-refractivity contribution in [2.45, 2.75) is 32.6 Å². The fourth-order valence-electron chi connectivity index (χ4n) is 5.11. The Morgan fingerprint density at radius 1 is 0.914 bits per heavy atom. The van der Waals surface area contributed by atoms with E-state index in [9.17, 15) is 0 Å². The van der Waals surface area contributed by atoms with Crippen molar-refractivity contribution >= 4 is 17.3 Å². The van der Waals surface area contributed by atoms with Crippen LogP contribution in [0.15, 0.2) is 42.6 Å². The number of rotatable bonds is 1. The average molecular weight is 473 g/mol. The van der Waals surface area contributed by atoms with Crippen LogP contribution in [0.2, 0.25) is 0 Å². The number of fused-ring (bicyclic) bond motifs is 4. The van der Waals surface area contributed by atoms with Gasteiger partial charge in [0.15, 0.2) is 0 Å². The van der Waals surface area contributed by atoms with Crippen molar-refractivity contribution in [1.82, 2.24) is 9.97 Å². The summed E-state index contributed by atoms with van der Waals surface area (Å²) in [6.45, 7) is 6.43. The molecule has 6 rings (SSSR count). The minimum absolute atomic E-state index is 0.481. The summed E-state index contributed by atoms with van der Waals surface area (Å²) in [5.41, 5.74) is 6.60. The zero-order valence-corrected chi connectivity index (χ0v) is 20.3. The average Bonchev–Trinajstić information content (AvgIpc) is 2.88. The van der Waals surface area contributed by atoms with Gasteiger partial charge in [-0.3, -0.25) is 0 Å². The second kappa shape index (κ2) is 9.74. The molecule has 0 radical (unpaired) electrons. The topological polar surface area (TPSA) is 68.7 Å². The van der Waals surface area contributed by atoms with Crippen LogP contribution in [0.5, 0.6) is 11.5 Å². The summed E-state index contributed by atoms with van der Waals surface area (Å²) in [4.78, 5) is 12.0. The quantitative estimate of drug-likeness (QED) is 0.534. The number of ether oxygens (including phenoxy) is 3. The van der Waals surface area contributed by atoms with E-state index in [0.717, 1.165) is 66.0 Å². The number of piperidine rings is 1. The van der Waals surface area contributed by atoms with Crippen LogP contribution in [-0.4, -0.2) is 49.5 Å². The molecule has 182 valence electrons. The molecule has 0 unspecified atom stereocenters. The third kappa shape index (κ3) is 4.78. The van der Waals surface area contributed by atoms with Gasteiger partial charge in [-0.15, -0.1) is 0 Å². The predicted molar refractivity (Wildman–Crippen MR) is 137 cm³/mol. The molecule has 3 heterocycles. The summed E-state index contributed by atoms with van der Waals surface area (Å²) in [6, 6.07) is 12.6. The van der Waals surface area contributed by atoms with Crippen LogP contribution in [0.4, 0.5) is 17.3 Å². The molecule has 2 aromatic carbocycles. The van der Waals surface area contributed by atoms with Crippen LogP contribution < -0.4 is 19.7 Å². The number of aromatic nitrogens is 2. The first-order valence-electron chi connectivity index (χ1n) is 12.7. The van der Waals surface area contributed by atoms with Gasteiger partial charge in [-0.05, 0) is 67.0 Å². The minimum Gasteiger partial charge on any atom is -0.491 e. The highest BCUT2D eigenvalue weighted by Crippen LogP contribution is 2.37. The minimum atomic E-state index is 0.481. The highest BCUT2D eigenvalue weighted by molar-refractivity contribution is 5.73. The van der Waals surface area contributed by atoms with E-state index in [2.05, 4.69) is 52.5 Å². The summed E-state index contributed by atoms with van der Waals surface area (Å²) in [5.74, 6) is 3.06. The number of aryl methyl sites for hydroxylation is 2. The van der Waals surface area contributed by atoms with E-state index in [1.807, 2.05) is 12.3 Å². The number of nitrogens with one attached hydrogen (secondary N) is 1. The number of anilines is 3. The molecule has 0 amide bonds. The standard InChI is InChI=1S/C28H32N4O3/c1-19-8-10-32(11-9-19)25-7-5-22-16-26(25)35-15-13-33-12-14-34-23-6-4-20-2-3-21-18-29-28(30-22)31-27(21)24(20)17-23/h4-7,16-19H,2-3,8-15H2,1H3,(H,29,30,31). The molecule has 6 bridgehead atoms. The summed E-state index contributed by atoms with van der Waals surface area (Å²) in [6.07, 6.45) is 6.28. The maximum absolute atomic E-state index is 6.23. The van der Waals surface area contributed by atoms with Gasteiger partial charge in [0.1, 0.15) is 24.7 Å². The van der Waals surface area contributed by atoms with E-state index in [4.69, 9.17) is 19.2 Å². The van der Waals surface area contributed by atoms with E-state index in [-0.39, 0.29) is 0 Å². The van der Waals surface area contributed by atoms with Gasteiger partial charge >= 0.3 is 0 Å². The van der Waals surface area contributed by atoms with Crippen molar-refractivity contribution in [1.29, 1.82) is 0 Å². The van der Waals surface area contributed by atoms with Gasteiger partial charge < -0.3 is 24.4 Å². The van der Waals surface area contributed by atoms with Crippen molar-refractivity contribution in [3.05, 3.63) is 53.7 Å². The number of benzene rings is 2. The van der Waals surface area contributed by atoms with E-state index in [1.54, 1.807) is 0 Å². The molecule has 1 aliphatic carbocycles. The zero-order valence-electron chi connectivity index (χ0n) is 20.3. The Hall–Kier alpha value is -3.32. The number of hydrogen-bond acceptors (Lipinski definition) is 7. The fourth-order valence-corrected chi connectivity index (χ4v) is 5.11. The SMILES string of the molecule is CC1CCN(c2ccc3cc2OCCOCCOc2ccc4c(c2)-c2nc(ncc2CC4)N3)CC1. The Balaban J connectivity index is 1.35. The Labute approximate surface area is 206 Å². The van der Waals surface area contributed by atoms with Crippen LogP contribution in [0.3, 0.4) is 0 Å². The van der Waals surface area contributed by atoms with Crippen molar-refractivity contribution in [2.75, 3.05) is 49.7 Å². The summed E-state index contributed by atoms with van der Waals surface area (Å²) in [5, 5.41) is 3.41. The first-order valence-corrected chi connectivity index (χ1v) is 12.7. The van der Waals surface area contributed by atoms with Gasteiger partial charge in [-0.1, -0.05) is 13.0 Å². The first-order chi connectivity index (χ1) is 17.2.